The van der Waals surface area contributed by atoms with Gasteiger partial charge in [-0.3, -0.25) is 14.8 Å². The van der Waals surface area contributed by atoms with Crippen molar-refractivity contribution < 1.29 is 18.4 Å². The Labute approximate surface area is 150 Å². The number of fused-ring (bicyclic) bond motifs is 1. The van der Waals surface area contributed by atoms with Crippen LogP contribution in [0.4, 0.5) is 11.4 Å². The third kappa shape index (κ3) is 3.56. The molecule has 1 aromatic carbocycles. The van der Waals surface area contributed by atoms with Crippen LogP contribution in [-0.2, 0) is 22.8 Å². The van der Waals surface area contributed by atoms with Gasteiger partial charge in [0.2, 0.25) is 0 Å². The second-order valence-electron chi connectivity index (χ2n) is 6.29. The van der Waals surface area contributed by atoms with E-state index >= 15 is 0 Å². The minimum absolute atomic E-state index is 0.00928. The Morgan fingerprint density at radius 2 is 2.23 bits per heavy atom. The van der Waals surface area contributed by atoms with E-state index in [4.69, 9.17) is 5.11 Å². The van der Waals surface area contributed by atoms with E-state index in [1.54, 1.807) is 10.9 Å². The second-order valence-corrected chi connectivity index (χ2v) is 8.31. The third-order valence-corrected chi connectivity index (χ3v) is 5.61. The van der Waals surface area contributed by atoms with Gasteiger partial charge in [0.15, 0.2) is 9.84 Å². The van der Waals surface area contributed by atoms with Gasteiger partial charge in [-0.2, -0.15) is 5.10 Å². The SMILES string of the molecule is CS(=O)(=O)c1ccc(N[C@H]2CCCc3c2cnn3CCO)c([N+](=O)[O-])c1. The summed E-state index contributed by atoms with van der Waals surface area (Å²) in [7, 11) is -3.53. The van der Waals surface area contributed by atoms with Gasteiger partial charge in [0, 0.05) is 23.6 Å². The van der Waals surface area contributed by atoms with Crippen LogP contribution >= 0.6 is 0 Å². The highest BCUT2D eigenvalue weighted by Crippen LogP contribution is 2.36. The molecule has 2 aromatic rings. The summed E-state index contributed by atoms with van der Waals surface area (Å²) in [6.45, 7) is 0.399. The number of hydrogen-bond donors (Lipinski definition) is 2. The van der Waals surface area contributed by atoms with E-state index < -0.39 is 14.8 Å². The number of nitro groups is 1. The molecule has 0 radical (unpaired) electrons. The molecule has 1 heterocycles. The molecule has 0 saturated heterocycles. The van der Waals surface area contributed by atoms with Crippen LogP contribution in [0.5, 0.6) is 0 Å². The summed E-state index contributed by atoms with van der Waals surface area (Å²) in [5.41, 5.74) is 1.96. The van der Waals surface area contributed by atoms with Crippen molar-refractivity contribution in [3.63, 3.8) is 0 Å². The molecule has 1 atom stereocenters. The van der Waals surface area contributed by atoms with Crippen molar-refractivity contribution in [1.82, 2.24) is 9.78 Å². The maximum Gasteiger partial charge on any atom is 0.293 e. The van der Waals surface area contributed by atoms with Gasteiger partial charge in [-0.1, -0.05) is 0 Å². The van der Waals surface area contributed by atoms with Crippen molar-refractivity contribution in [3.8, 4) is 0 Å². The highest BCUT2D eigenvalue weighted by atomic mass is 32.2. The summed E-state index contributed by atoms with van der Waals surface area (Å²) < 4.78 is 25.1. The zero-order valence-electron chi connectivity index (χ0n) is 14.3. The molecule has 10 heteroatoms. The molecule has 9 nitrogen and oxygen atoms in total. The first-order valence-electron chi connectivity index (χ1n) is 8.21. The van der Waals surface area contributed by atoms with E-state index in [1.807, 2.05) is 0 Å². The minimum Gasteiger partial charge on any atom is -0.394 e. The Morgan fingerprint density at radius 3 is 2.88 bits per heavy atom. The van der Waals surface area contributed by atoms with Crippen LogP contribution in [0.2, 0.25) is 0 Å². The molecule has 0 spiro atoms. The lowest BCUT2D eigenvalue weighted by molar-refractivity contribution is -0.384. The quantitative estimate of drug-likeness (QED) is 0.576. The van der Waals surface area contributed by atoms with E-state index in [2.05, 4.69) is 10.4 Å². The van der Waals surface area contributed by atoms with E-state index in [1.165, 1.54) is 12.1 Å². The van der Waals surface area contributed by atoms with Crippen LogP contribution in [0.1, 0.15) is 30.1 Å². The van der Waals surface area contributed by atoms with Gasteiger partial charge in [0.05, 0.1) is 35.2 Å². The summed E-state index contributed by atoms with van der Waals surface area (Å²) in [6, 6.07) is 3.72. The minimum atomic E-state index is -3.53. The lowest BCUT2D eigenvalue weighted by Crippen LogP contribution is -2.19. The highest BCUT2D eigenvalue weighted by Gasteiger charge is 2.27. The first-order valence-corrected chi connectivity index (χ1v) is 10.1. The van der Waals surface area contributed by atoms with Crippen LogP contribution in [0, 0.1) is 10.1 Å². The third-order valence-electron chi connectivity index (χ3n) is 4.50. The number of rotatable bonds is 6. The number of nitrogens with zero attached hydrogens (tertiary/aromatic N) is 3. The molecule has 26 heavy (non-hydrogen) atoms. The number of anilines is 1. The predicted molar refractivity (Wildman–Crippen MR) is 94.8 cm³/mol. The van der Waals surface area contributed by atoms with Crippen LogP contribution in [0.15, 0.2) is 29.3 Å². The fourth-order valence-electron chi connectivity index (χ4n) is 3.26. The topological polar surface area (TPSA) is 127 Å². The number of aromatic nitrogens is 2. The summed E-state index contributed by atoms with van der Waals surface area (Å²) in [6.07, 6.45) is 5.24. The maximum atomic E-state index is 11.7. The molecule has 1 aliphatic carbocycles. The van der Waals surface area contributed by atoms with Gasteiger partial charge in [0.25, 0.3) is 5.69 Å². The molecule has 3 rings (SSSR count). The first-order chi connectivity index (χ1) is 12.3. The summed E-state index contributed by atoms with van der Waals surface area (Å²) in [5.74, 6) is 0. The molecular weight excluding hydrogens is 360 g/mol. The zero-order valence-corrected chi connectivity index (χ0v) is 15.1. The number of nitro benzene ring substituents is 1. The molecule has 1 aliphatic rings. The van der Waals surface area contributed by atoms with Gasteiger partial charge in [0.1, 0.15) is 5.69 Å². The lowest BCUT2D eigenvalue weighted by Gasteiger charge is -2.25. The molecule has 0 saturated carbocycles. The average Bonchev–Trinajstić information content (AvgIpc) is 2.98. The Kier molecular flexibility index (Phi) is 4.97. The van der Waals surface area contributed by atoms with Crippen molar-refractivity contribution in [2.45, 2.75) is 36.7 Å². The van der Waals surface area contributed by atoms with Gasteiger partial charge in [-0.25, -0.2) is 8.42 Å². The highest BCUT2D eigenvalue weighted by molar-refractivity contribution is 7.90. The van der Waals surface area contributed by atoms with Crippen molar-refractivity contribution in [3.05, 3.63) is 45.8 Å². The second kappa shape index (κ2) is 7.04. The van der Waals surface area contributed by atoms with Gasteiger partial charge >= 0.3 is 0 Å². The fourth-order valence-corrected chi connectivity index (χ4v) is 3.90. The maximum absolute atomic E-state index is 11.7. The number of sulfone groups is 1. The van der Waals surface area contributed by atoms with Crippen LogP contribution < -0.4 is 5.32 Å². The smallest absolute Gasteiger partial charge is 0.293 e. The van der Waals surface area contributed by atoms with E-state index in [0.29, 0.717) is 6.54 Å². The Hall–Kier alpha value is -2.46. The molecule has 1 aromatic heterocycles. The molecule has 2 N–H and O–H groups in total. The van der Waals surface area contributed by atoms with Gasteiger partial charge < -0.3 is 10.4 Å². The Bertz CT molecular complexity index is 938. The van der Waals surface area contributed by atoms with Crippen molar-refractivity contribution >= 4 is 21.2 Å². The molecular formula is C16H20N4O5S. The van der Waals surface area contributed by atoms with Gasteiger partial charge in [-0.05, 0) is 31.4 Å². The number of benzene rings is 1. The van der Waals surface area contributed by atoms with Crippen molar-refractivity contribution in [2.24, 2.45) is 0 Å². The monoisotopic (exact) mass is 380 g/mol. The number of nitrogens with one attached hydrogen (secondary N) is 1. The van der Waals surface area contributed by atoms with Crippen LogP contribution in [0.3, 0.4) is 0 Å². The lowest BCUT2D eigenvalue weighted by atomic mass is 9.92. The number of hydrogen-bond acceptors (Lipinski definition) is 7. The Balaban J connectivity index is 1.94. The molecule has 0 unspecified atom stereocenters. The normalized spacial score (nSPS) is 16.9. The molecule has 140 valence electrons. The number of aliphatic hydroxyl groups is 1. The van der Waals surface area contributed by atoms with E-state index in [0.717, 1.165) is 42.8 Å². The molecule has 0 bridgehead atoms. The number of aliphatic hydroxyl groups excluding tert-OH is 1. The summed E-state index contributed by atoms with van der Waals surface area (Å²) >= 11 is 0. The van der Waals surface area contributed by atoms with Crippen molar-refractivity contribution in [1.29, 1.82) is 0 Å². The first kappa shape index (κ1) is 18.3. The van der Waals surface area contributed by atoms with Crippen LogP contribution in [-0.4, -0.2) is 41.1 Å². The predicted octanol–water partition coefficient (Wildman–Crippen LogP) is 1.68. The van der Waals surface area contributed by atoms with Crippen molar-refractivity contribution in [2.75, 3.05) is 18.2 Å². The zero-order chi connectivity index (χ0) is 18.9. The van der Waals surface area contributed by atoms with Gasteiger partial charge in [-0.15, -0.1) is 0 Å². The summed E-state index contributed by atoms with van der Waals surface area (Å²) in [5, 5.41) is 28.0. The fraction of sp³-hybridized carbons (Fsp3) is 0.438. The van der Waals surface area contributed by atoms with E-state index in [9.17, 15) is 18.5 Å². The summed E-state index contributed by atoms with van der Waals surface area (Å²) in [4.78, 5) is 10.7. The molecule has 0 aliphatic heterocycles. The standard InChI is InChI=1S/C16H20N4O5S/c1-26(24,25)11-5-6-14(16(9-11)20(22)23)18-13-3-2-4-15-12(13)10-17-19(15)7-8-21/h5-6,9-10,13,18,21H,2-4,7-8H2,1H3/t13-/m0/s1. The molecule has 0 amide bonds. The molecule has 0 fully saturated rings. The van der Waals surface area contributed by atoms with Crippen LogP contribution in [0.25, 0.3) is 0 Å². The average molecular weight is 380 g/mol. The van der Waals surface area contributed by atoms with E-state index in [-0.39, 0.29) is 28.9 Å². The Morgan fingerprint density at radius 1 is 1.46 bits per heavy atom. The largest absolute Gasteiger partial charge is 0.394 e.